The van der Waals surface area contributed by atoms with Crippen molar-refractivity contribution in [3.63, 3.8) is 0 Å². The number of H-pyrrole nitrogens is 1. The molecule has 5 heteroatoms. The molecule has 1 amide bonds. The first-order valence-electron chi connectivity index (χ1n) is 8.12. The van der Waals surface area contributed by atoms with Crippen LogP contribution >= 0.6 is 11.6 Å². The highest BCUT2D eigenvalue weighted by Crippen LogP contribution is 2.22. The molecule has 1 aromatic heterocycles. The molecule has 2 rings (SSSR count). The van der Waals surface area contributed by atoms with Gasteiger partial charge in [-0.05, 0) is 42.4 Å². The summed E-state index contributed by atoms with van der Waals surface area (Å²) in [6.45, 7) is 5.09. The molecule has 0 saturated heterocycles. The van der Waals surface area contributed by atoms with Crippen molar-refractivity contribution in [3.8, 4) is 0 Å². The van der Waals surface area contributed by atoms with Crippen molar-refractivity contribution >= 4 is 28.4 Å². The molecule has 0 spiro atoms. The average molecular weight is 337 g/mol. The van der Waals surface area contributed by atoms with Crippen LogP contribution in [0.3, 0.4) is 0 Å². The lowest BCUT2D eigenvalue weighted by atomic mass is 9.94. The number of aromatic nitrogens is 1. The van der Waals surface area contributed by atoms with Gasteiger partial charge in [0.2, 0.25) is 5.91 Å². The molecule has 0 aliphatic heterocycles. The Labute approximate surface area is 142 Å². The summed E-state index contributed by atoms with van der Waals surface area (Å²) in [6.07, 6.45) is 3.94. The first-order chi connectivity index (χ1) is 11.0. The fourth-order valence-electron chi connectivity index (χ4n) is 2.95. The van der Waals surface area contributed by atoms with Crippen LogP contribution in [0, 0.1) is 11.8 Å². The van der Waals surface area contributed by atoms with Crippen LogP contribution < -0.4 is 5.32 Å². The first kappa shape index (κ1) is 17.8. The van der Waals surface area contributed by atoms with Crippen LogP contribution in [-0.2, 0) is 11.2 Å². The molecular weight excluding hydrogens is 312 g/mol. The monoisotopic (exact) mass is 336 g/mol. The van der Waals surface area contributed by atoms with E-state index < -0.39 is 0 Å². The molecule has 126 valence electrons. The molecule has 1 atom stereocenters. The van der Waals surface area contributed by atoms with Crippen molar-refractivity contribution in [2.24, 2.45) is 11.8 Å². The Kier molecular flexibility index (Phi) is 6.48. The molecule has 23 heavy (non-hydrogen) atoms. The highest BCUT2D eigenvalue weighted by molar-refractivity contribution is 6.31. The number of hydrogen-bond acceptors (Lipinski definition) is 2. The second kappa shape index (κ2) is 8.37. The zero-order valence-electron chi connectivity index (χ0n) is 13.7. The van der Waals surface area contributed by atoms with Crippen molar-refractivity contribution in [2.45, 2.75) is 33.1 Å². The van der Waals surface area contributed by atoms with Gasteiger partial charge in [-0.15, -0.1) is 0 Å². The first-order valence-corrected chi connectivity index (χ1v) is 8.50. The Morgan fingerprint density at radius 1 is 1.39 bits per heavy atom. The maximum atomic E-state index is 12.2. The number of carbonyl (C=O) groups is 1. The Balaban J connectivity index is 1.92. The van der Waals surface area contributed by atoms with Crippen LogP contribution in [-0.4, -0.2) is 29.1 Å². The minimum Gasteiger partial charge on any atom is -0.396 e. The standard InChI is InChI=1S/C18H25ClN2O2/c1-12(2)7-13(5-6-22)10-21-18(23)8-14-11-20-17-9-15(19)3-4-16(14)17/h3-4,9,11-13,20,22H,5-8,10H2,1-2H3,(H,21,23). The lowest BCUT2D eigenvalue weighted by Gasteiger charge is -2.18. The Morgan fingerprint density at radius 2 is 2.17 bits per heavy atom. The summed E-state index contributed by atoms with van der Waals surface area (Å²) in [5.41, 5.74) is 1.91. The number of carbonyl (C=O) groups excluding carboxylic acids is 1. The fraction of sp³-hybridized carbons (Fsp3) is 0.500. The molecule has 3 N–H and O–H groups in total. The number of aromatic amines is 1. The third-order valence-electron chi connectivity index (χ3n) is 4.01. The summed E-state index contributed by atoms with van der Waals surface area (Å²) in [5.74, 6) is 0.889. The van der Waals surface area contributed by atoms with Gasteiger partial charge in [-0.2, -0.15) is 0 Å². The Hall–Kier alpha value is -1.52. The molecule has 0 aliphatic rings. The number of amides is 1. The third kappa shape index (κ3) is 5.26. The molecule has 0 fully saturated rings. The van der Waals surface area contributed by atoms with Gasteiger partial charge >= 0.3 is 0 Å². The minimum absolute atomic E-state index is 0.00699. The van der Waals surface area contributed by atoms with Gasteiger partial charge in [0.05, 0.1) is 6.42 Å². The zero-order valence-corrected chi connectivity index (χ0v) is 14.5. The fourth-order valence-corrected chi connectivity index (χ4v) is 3.12. The van der Waals surface area contributed by atoms with E-state index in [0.29, 0.717) is 29.8 Å². The topological polar surface area (TPSA) is 65.1 Å². The number of halogens is 1. The van der Waals surface area contributed by atoms with Crippen molar-refractivity contribution < 1.29 is 9.90 Å². The molecule has 2 aromatic rings. The summed E-state index contributed by atoms with van der Waals surface area (Å²) in [4.78, 5) is 15.4. The van der Waals surface area contributed by atoms with Gasteiger partial charge in [-0.1, -0.05) is 31.5 Å². The summed E-state index contributed by atoms with van der Waals surface area (Å²) in [5, 5.41) is 13.8. The number of nitrogens with one attached hydrogen (secondary N) is 2. The third-order valence-corrected chi connectivity index (χ3v) is 4.25. The van der Waals surface area contributed by atoms with Gasteiger partial charge < -0.3 is 15.4 Å². The van der Waals surface area contributed by atoms with Crippen LogP contribution in [0.25, 0.3) is 10.9 Å². The quantitative estimate of drug-likeness (QED) is 0.690. The summed E-state index contributed by atoms with van der Waals surface area (Å²) in [6, 6.07) is 5.63. The molecule has 1 heterocycles. The van der Waals surface area contributed by atoms with Crippen LogP contribution in [0.15, 0.2) is 24.4 Å². The van der Waals surface area contributed by atoms with Gasteiger partial charge in [-0.3, -0.25) is 4.79 Å². The van der Waals surface area contributed by atoms with Gasteiger partial charge in [0.15, 0.2) is 0 Å². The van der Waals surface area contributed by atoms with Crippen molar-refractivity contribution in [1.29, 1.82) is 0 Å². The van der Waals surface area contributed by atoms with E-state index in [1.165, 1.54) is 0 Å². The average Bonchev–Trinajstić information content (AvgIpc) is 2.86. The summed E-state index contributed by atoms with van der Waals surface area (Å²) >= 11 is 5.97. The van der Waals surface area contributed by atoms with Crippen molar-refractivity contribution in [1.82, 2.24) is 10.3 Å². The SMILES string of the molecule is CC(C)CC(CCO)CNC(=O)Cc1c[nH]c2cc(Cl)ccc12. The Morgan fingerprint density at radius 3 is 2.87 bits per heavy atom. The molecule has 1 unspecified atom stereocenters. The van der Waals surface area contributed by atoms with Crippen LogP contribution in [0.2, 0.25) is 5.02 Å². The minimum atomic E-state index is 0.00699. The van der Waals surface area contributed by atoms with E-state index in [0.717, 1.165) is 29.3 Å². The molecule has 0 aliphatic carbocycles. The molecule has 1 aromatic carbocycles. The molecular formula is C18H25ClN2O2. The lowest BCUT2D eigenvalue weighted by molar-refractivity contribution is -0.120. The molecule has 0 radical (unpaired) electrons. The van der Waals surface area contributed by atoms with E-state index in [4.69, 9.17) is 16.7 Å². The van der Waals surface area contributed by atoms with Gasteiger partial charge in [0.1, 0.15) is 0 Å². The van der Waals surface area contributed by atoms with Gasteiger partial charge in [0, 0.05) is 35.3 Å². The Bertz CT molecular complexity index is 652. The van der Waals surface area contributed by atoms with Crippen LogP contribution in [0.5, 0.6) is 0 Å². The smallest absolute Gasteiger partial charge is 0.224 e. The maximum absolute atomic E-state index is 12.2. The lowest BCUT2D eigenvalue weighted by Crippen LogP contribution is -2.31. The van der Waals surface area contributed by atoms with E-state index >= 15 is 0 Å². The zero-order chi connectivity index (χ0) is 16.8. The molecule has 4 nitrogen and oxygen atoms in total. The van der Waals surface area contributed by atoms with E-state index in [9.17, 15) is 4.79 Å². The van der Waals surface area contributed by atoms with Crippen LogP contribution in [0.1, 0.15) is 32.3 Å². The number of aliphatic hydroxyl groups is 1. The normalized spacial score (nSPS) is 12.7. The number of fused-ring (bicyclic) bond motifs is 1. The van der Waals surface area contributed by atoms with Gasteiger partial charge in [0.25, 0.3) is 0 Å². The predicted molar refractivity (Wildman–Crippen MR) is 94.7 cm³/mol. The second-order valence-electron chi connectivity index (χ2n) is 6.49. The van der Waals surface area contributed by atoms with E-state index in [2.05, 4.69) is 24.1 Å². The van der Waals surface area contributed by atoms with E-state index in [1.54, 1.807) is 0 Å². The highest BCUT2D eigenvalue weighted by atomic mass is 35.5. The molecule has 0 saturated carbocycles. The van der Waals surface area contributed by atoms with E-state index in [1.807, 2.05) is 24.4 Å². The predicted octanol–water partition coefficient (Wildman–Crippen LogP) is 3.52. The largest absolute Gasteiger partial charge is 0.396 e. The van der Waals surface area contributed by atoms with Crippen molar-refractivity contribution in [2.75, 3.05) is 13.2 Å². The second-order valence-corrected chi connectivity index (χ2v) is 6.93. The number of benzene rings is 1. The maximum Gasteiger partial charge on any atom is 0.224 e. The molecule has 0 bridgehead atoms. The van der Waals surface area contributed by atoms with Gasteiger partial charge in [-0.25, -0.2) is 0 Å². The summed E-state index contributed by atoms with van der Waals surface area (Å²) < 4.78 is 0. The number of hydrogen-bond donors (Lipinski definition) is 3. The van der Waals surface area contributed by atoms with Crippen LogP contribution in [0.4, 0.5) is 0 Å². The summed E-state index contributed by atoms with van der Waals surface area (Å²) in [7, 11) is 0. The van der Waals surface area contributed by atoms with E-state index in [-0.39, 0.29) is 12.5 Å². The van der Waals surface area contributed by atoms with Crippen molar-refractivity contribution in [3.05, 3.63) is 35.0 Å². The number of rotatable bonds is 8. The highest BCUT2D eigenvalue weighted by Gasteiger charge is 2.13. The number of aliphatic hydroxyl groups excluding tert-OH is 1.